The van der Waals surface area contributed by atoms with Gasteiger partial charge in [-0.05, 0) is 29.3 Å². The van der Waals surface area contributed by atoms with Crippen LogP contribution in [0.15, 0.2) is 52.9 Å². The molecule has 0 fully saturated rings. The van der Waals surface area contributed by atoms with Gasteiger partial charge in [0.1, 0.15) is 5.52 Å². The molecule has 19 heavy (non-hydrogen) atoms. The van der Waals surface area contributed by atoms with Crippen LogP contribution in [0.4, 0.5) is 0 Å². The van der Waals surface area contributed by atoms with Crippen molar-refractivity contribution in [2.75, 3.05) is 0 Å². The lowest BCUT2D eigenvalue weighted by Gasteiger charge is -1.92. The minimum atomic E-state index is 0.0119. The highest BCUT2D eigenvalue weighted by Crippen LogP contribution is 2.18. The molecule has 3 heteroatoms. The third kappa shape index (κ3) is 2.56. The third-order valence-electron chi connectivity index (χ3n) is 2.87. The van der Waals surface area contributed by atoms with E-state index in [1.807, 2.05) is 60.7 Å². The van der Waals surface area contributed by atoms with Gasteiger partial charge in [0, 0.05) is 6.08 Å². The van der Waals surface area contributed by atoms with Crippen molar-refractivity contribution in [3.63, 3.8) is 0 Å². The van der Waals surface area contributed by atoms with Crippen molar-refractivity contribution in [1.29, 1.82) is 0 Å². The molecular formula is C16H13NO2. The highest BCUT2D eigenvalue weighted by molar-refractivity contribution is 5.76. The van der Waals surface area contributed by atoms with E-state index in [4.69, 9.17) is 9.52 Å². The van der Waals surface area contributed by atoms with Crippen molar-refractivity contribution in [2.45, 2.75) is 6.61 Å². The van der Waals surface area contributed by atoms with Crippen molar-refractivity contribution < 1.29 is 9.52 Å². The molecular weight excluding hydrogens is 238 g/mol. The van der Waals surface area contributed by atoms with Gasteiger partial charge in [-0.2, -0.15) is 0 Å². The monoisotopic (exact) mass is 251 g/mol. The SMILES string of the molecule is OCc1ccc2oc(/C=C/c3ccccc3)nc2c1. The number of aromatic nitrogens is 1. The van der Waals surface area contributed by atoms with Crippen LogP contribution in [0.1, 0.15) is 17.0 Å². The number of hydrogen-bond acceptors (Lipinski definition) is 3. The van der Waals surface area contributed by atoms with Gasteiger partial charge in [-0.3, -0.25) is 0 Å². The second-order valence-electron chi connectivity index (χ2n) is 4.26. The highest BCUT2D eigenvalue weighted by Gasteiger charge is 2.03. The van der Waals surface area contributed by atoms with Gasteiger partial charge in [-0.1, -0.05) is 36.4 Å². The molecule has 3 nitrogen and oxygen atoms in total. The van der Waals surface area contributed by atoms with Crippen LogP contribution >= 0.6 is 0 Å². The summed E-state index contributed by atoms with van der Waals surface area (Å²) in [7, 11) is 0. The molecule has 0 bridgehead atoms. The van der Waals surface area contributed by atoms with Crippen molar-refractivity contribution in [3.8, 4) is 0 Å². The third-order valence-corrected chi connectivity index (χ3v) is 2.87. The summed E-state index contributed by atoms with van der Waals surface area (Å²) in [5.41, 5.74) is 3.42. The van der Waals surface area contributed by atoms with Crippen molar-refractivity contribution in [2.24, 2.45) is 0 Å². The molecule has 0 saturated heterocycles. The number of oxazole rings is 1. The minimum absolute atomic E-state index is 0.0119. The van der Waals surface area contributed by atoms with Crippen LogP contribution in [-0.4, -0.2) is 10.1 Å². The van der Waals surface area contributed by atoms with E-state index in [0.29, 0.717) is 5.89 Å². The van der Waals surface area contributed by atoms with Crippen molar-refractivity contribution >= 4 is 23.3 Å². The molecule has 1 N–H and O–H groups in total. The maximum absolute atomic E-state index is 9.08. The van der Waals surface area contributed by atoms with E-state index >= 15 is 0 Å². The Morgan fingerprint density at radius 2 is 1.89 bits per heavy atom. The standard InChI is InChI=1S/C16H13NO2/c18-11-13-6-8-15-14(10-13)17-16(19-15)9-7-12-4-2-1-3-5-12/h1-10,18H,11H2/b9-7+. The normalized spacial score (nSPS) is 11.4. The number of rotatable bonds is 3. The Kier molecular flexibility index (Phi) is 3.12. The number of nitrogens with zero attached hydrogens (tertiary/aromatic N) is 1. The summed E-state index contributed by atoms with van der Waals surface area (Å²) in [4.78, 5) is 4.37. The molecule has 0 saturated carbocycles. The molecule has 0 aliphatic heterocycles. The Balaban J connectivity index is 1.91. The lowest BCUT2D eigenvalue weighted by molar-refractivity contribution is 0.282. The first-order valence-corrected chi connectivity index (χ1v) is 6.08. The summed E-state index contributed by atoms with van der Waals surface area (Å²) in [6, 6.07) is 15.5. The first-order valence-electron chi connectivity index (χ1n) is 6.08. The maximum Gasteiger partial charge on any atom is 0.220 e. The van der Waals surface area contributed by atoms with Gasteiger partial charge in [0.15, 0.2) is 5.58 Å². The van der Waals surface area contributed by atoms with Gasteiger partial charge in [0.2, 0.25) is 5.89 Å². The van der Waals surface area contributed by atoms with Crippen molar-refractivity contribution in [3.05, 3.63) is 65.5 Å². The number of aliphatic hydroxyl groups excluding tert-OH is 1. The lowest BCUT2D eigenvalue weighted by Crippen LogP contribution is -1.81. The molecule has 0 aliphatic rings. The van der Waals surface area contributed by atoms with Crippen LogP contribution < -0.4 is 0 Å². The Hall–Kier alpha value is -2.39. The van der Waals surface area contributed by atoms with E-state index in [1.54, 1.807) is 0 Å². The Labute approximate surface area is 110 Å². The van der Waals surface area contributed by atoms with Gasteiger partial charge in [0.25, 0.3) is 0 Å². The molecule has 94 valence electrons. The molecule has 0 unspecified atom stereocenters. The molecule has 1 aromatic heterocycles. The molecule has 0 radical (unpaired) electrons. The van der Waals surface area contributed by atoms with E-state index in [9.17, 15) is 0 Å². The highest BCUT2D eigenvalue weighted by atomic mass is 16.3. The number of aliphatic hydroxyl groups is 1. The fourth-order valence-electron chi connectivity index (χ4n) is 1.89. The first-order chi connectivity index (χ1) is 9.35. The zero-order valence-electron chi connectivity index (χ0n) is 10.3. The van der Waals surface area contributed by atoms with E-state index in [1.165, 1.54) is 0 Å². The van der Waals surface area contributed by atoms with E-state index in [2.05, 4.69) is 4.98 Å². The number of benzene rings is 2. The maximum atomic E-state index is 9.08. The molecule has 0 spiro atoms. The quantitative estimate of drug-likeness (QED) is 0.775. The van der Waals surface area contributed by atoms with Crippen LogP contribution in [0.2, 0.25) is 0 Å². The molecule has 3 aromatic rings. The van der Waals surface area contributed by atoms with Gasteiger partial charge in [-0.15, -0.1) is 0 Å². The largest absolute Gasteiger partial charge is 0.437 e. The van der Waals surface area contributed by atoms with Crippen LogP contribution in [0.5, 0.6) is 0 Å². The Bertz CT molecular complexity index is 714. The predicted molar refractivity (Wildman–Crippen MR) is 75.3 cm³/mol. The van der Waals surface area contributed by atoms with Gasteiger partial charge < -0.3 is 9.52 Å². The fraction of sp³-hybridized carbons (Fsp3) is 0.0625. The minimum Gasteiger partial charge on any atom is -0.437 e. The molecule has 0 atom stereocenters. The number of fused-ring (bicyclic) bond motifs is 1. The van der Waals surface area contributed by atoms with E-state index in [-0.39, 0.29) is 6.61 Å². The fourth-order valence-corrected chi connectivity index (χ4v) is 1.89. The topological polar surface area (TPSA) is 46.3 Å². The van der Waals surface area contributed by atoms with Crippen LogP contribution in [0.25, 0.3) is 23.3 Å². The summed E-state index contributed by atoms with van der Waals surface area (Å²) in [5.74, 6) is 0.564. The van der Waals surface area contributed by atoms with Gasteiger partial charge >= 0.3 is 0 Å². The summed E-state index contributed by atoms with van der Waals surface area (Å²) in [6.45, 7) is 0.0119. The van der Waals surface area contributed by atoms with Crippen molar-refractivity contribution in [1.82, 2.24) is 4.98 Å². The number of hydrogen-bond donors (Lipinski definition) is 1. The smallest absolute Gasteiger partial charge is 0.220 e. The first kappa shape index (κ1) is 11.7. The molecule has 2 aromatic carbocycles. The summed E-state index contributed by atoms with van der Waals surface area (Å²) in [5, 5.41) is 9.08. The molecule has 0 aliphatic carbocycles. The molecule has 0 amide bonds. The van der Waals surface area contributed by atoms with Gasteiger partial charge in [0.05, 0.1) is 6.61 Å². The molecule has 3 rings (SSSR count). The van der Waals surface area contributed by atoms with E-state index < -0.39 is 0 Å². The van der Waals surface area contributed by atoms with Crippen LogP contribution in [0, 0.1) is 0 Å². The summed E-state index contributed by atoms with van der Waals surface area (Å²) in [6.07, 6.45) is 3.80. The zero-order chi connectivity index (χ0) is 13.1. The van der Waals surface area contributed by atoms with Crippen LogP contribution in [-0.2, 0) is 6.61 Å². The Morgan fingerprint density at radius 3 is 2.68 bits per heavy atom. The second-order valence-corrected chi connectivity index (χ2v) is 4.26. The second kappa shape index (κ2) is 5.08. The summed E-state index contributed by atoms with van der Waals surface area (Å²) >= 11 is 0. The average Bonchev–Trinajstić information content (AvgIpc) is 2.88. The predicted octanol–water partition coefficient (Wildman–Crippen LogP) is 3.49. The van der Waals surface area contributed by atoms with Crippen LogP contribution in [0.3, 0.4) is 0 Å². The van der Waals surface area contributed by atoms with E-state index in [0.717, 1.165) is 22.2 Å². The summed E-state index contributed by atoms with van der Waals surface area (Å²) < 4.78 is 5.61. The molecule has 1 heterocycles. The zero-order valence-corrected chi connectivity index (χ0v) is 10.3. The lowest BCUT2D eigenvalue weighted by atomic mass is 10.2. The Morgan fingerprint density at radius 1 is 1.05 bits per heavy atom. The average molecular weight is 251 g/mol. The van der Waals surface area contributed by atoms with Gasteiger partial charge in [-0.25, -0.2) is 4.98 Å².